The van der Waals surface area contributed by atoms with Gasteiger partial charge in [-0.1, -0.05) is 0 Å². The largest absolute Gasteiger partial charge is 0.223 e. The summed E-state index contributed by atoms with van der Waals surface area (Å²) in [6.07, 6.45) is 1.44. The SMILES string of the molecule is O=S(=O)(c1ccc(F)c(Br)c1)C1CC1. The highest BCUT2D eigenvalue weighted by Crippen LogP contribution is 2.34. The van der Waals surface area contributed by atoms with Crippen LogP contribution in [0.3, 0.4) is 0 Å². The average Bonchev–Trinajstić information content (AvgIpc) is 2.92. The molecular formula is C9H8BrFO2S. The number of benzene rings is 1. The molecule has 1 aromatic rings. The smallest absolute Gasteiger partial charge is 0.181 e. The van der Waals surface area contributed by atoms with Crippen LogP contribution in [-0.4, -0.2) is 13.7 Å². The van der Waals surface area contributed by atoms with Crippen LogP contribution in [0.1, 0.15) is 12.8 Å². The predicted molar refractivity (Wildman–Crippen MR) is 54.3 cm³/mol. The molecule has 0 heterocycles. The molecule has 1 fully saturated rings. The molecule has 5 heteroatoms. The van der Waals surface area contributed by atoms with Gasteiger partial charge < -0.3 is 0 Å². The Balaban J connectivity index is 2.46. The quantitative estimate of drug-likeness (QED) is 0.779. The summed E-state index contributed by atoms with van der Waals surface area (Å²) in [5, 5.41) is -0.250. The van der Waals surface area contributed by atoms with E-state index in [1.807, 2.05) is 0 Å². The molecule has 2 rings (SSSR count). The van der Waals surface area contributed by atoms with Crippen molar-refractivity contribution in [1.82, 2.24) is 0 Å². The Kier molecular flexibility index (Phi) is 2.39. The second kappa shape index (κ2) is 3.31. The van der Waals surface area contributed by atoms with E-state index in [2.05, 4.69) is 15.9 Å². The van der Waals surface area contributed by atoms with Crippen molar-refractivity contribution in [2.75, 3.05) is 0 Å². The van der Waals surface area contributed by atoms with Gasteiger partial charge in [0.05, 0.1) is 14.6 Å². The van der Waals surface area contributed by atoms with Gasteiger partial charge in [-0.15, -0.1) is 0 Å². The van der Waals surface area contributed by atoms with Crippen LogP contribution in [0.4, 0.5) is 4.39 Å². The zero-order chi connectivity index (χ0) is 10.3. The Hall–Kier alpha value is -0.420. The van der Waals surface area contributed by atoms with E-state index in [1.54, 1.807) is 0 Å². The third-order valence-corrected chi connectivity index (χ3v) is 5.05. The van der Waals surface area contributed by atoms with Crippen molar-refractivity contribution in [3.05, 3.63) is 28.5 Å². The molecular weight excluding hydrogens is 271 g/mol. The van der Waals surface area contributed by atoms with E-state index < -0.39 is 15.7 Å². The highest BCUT2D eigenvalue weighted by molar-refractivity contribution is 9.10. The minimum absolute atomic E-state index is 0.194. The fourth-order valence-corrected chi connectivity index (χ4v) is 3.44. The van der Waals surface area contributed by atoms with Crippen molar-refractivity contribution in [2.24, 2.45) is 0 Å². The van der Waals surface area contributed by atoms with E-state index in [4.69, 9.17) is 0 Å². The number of hydrogen-bond acceptors (Lipinski definition) is 2. The molecule has 0 aromatic heterocycles. The minimum atomic E-state index is -3.20. The van der Waals surface area contributed by atoms with Crippen LogP contribution in [0.5, 0.6) is 0 Å². The summed E-state index contributed by atoms with van der Waals surface area (Å²) >= 11 is 2.97. The van der Waals surface area contributed by atoms with Crippen molar-refractivity contribution >= 4 is 25.8 Å². The molecule has 1 aliphatic carbocycles. The van der Waals surface area contributed by atoms with E-state index in [0.717, 1.165) is 12.8 Å². The molecule has 1 aromatic carbocycles. The molecule has 76 valence electrons. The van der Waals surface area contributed by atoms with Gasteiger partial charge in [0, 0.05) is 0 Å². The zero-order valence-electron chi connectivity index (χ0n) is 7.20. The van der Waals surface area contributed by atoms with Gasteiger partial charge >= 0.3 is 0 Å². The summed E-state index contributed by atoms with van der Waals surface area (Å²) in [6, 6.07) is 3.80. The Morgan fingerprint density at radius 3 is 2.50 bits per heavy atom. The van der Waals surface area contributed by atoms with E-state index >= 15 is 0 Å². The fourth-order valence-electron chi connectivity index (χ4n) is 1.22. The third-order valence-electron chi connectivity index (χ3n) is 2.18. The van der Waals surface area contributed by atoms with Gasteiger partial charge in [0.15, 0.2) is 9.84 Å². The maximum absolute atomic E-state index is 12.9. The van der Waals surface area contributed by atoms with Crippen molar-refractivity contribution in [3.63, 3.8) is 0 Å². The monoisotopic (exact) mass is 278 g/mol. The molecule has 0 atom stereocenters. The standard InChI is InChI=1S/C9H8BrFO2S/c10-8-5-7(3-4-9(8)11)14(12,13)6-1-2-6/h3-6H,1-2H2. The molecule has 0 amide bonds. The molecule has 0 unspecified atom stereocenters. The fraction of sp³-hybridized carbons (Fsp3) is 0.333. The first-order valence-corrected chi connectivity index (χ1v) is 6.54. The summed E-state index contributed by atoms with van der Waals surface area (Å²) in [7, 11) is -3.20. The molecule has 0 bridgehead atoms. The highest BCUT2D eigenvalue weighted by Gasteiger charge is 2.36. The summed E-state index contributed by atoms with van der Waals surface area (Å²) in [4.78, 5) is 0.202. The van der Waals surface area contributed by atoms with Crippen molar-refractivity contribution in [2.45, 2.75) is 23.0 Å². The lowest BCUT2D eigenvalue weighted by atomic mass is 10.3. The third kappa shape index (κ3) is 1.70. The van der Waals surface area contributed by atoms with Crippen LogP contribution >= 0.6 is 15.9 Å². The van der Waals surface area contributed by atoms with E-state index in [1.165, 1.54) is 18.2 Å². The predicted octanol–water partition coefficient (Wildman–Crippen LogP) is 2.52. The van der Waals surface area contributed by atoms with E-state index in [9.17, 15) is 12.8 Å². The molecule has 1 aliphatic rings. The van der Waals surface area contributed by atoms with Gasteiger partial charge in [0.1, 0.15) is 5.82 Å². The van der Waals surface area contributed by atoms with E-state index in [0.29, 0.717) is 0 Å². The van der Waals surface area contributed by atoms with E-state index in [-0.39, 0.29) is 14.6 Å². The van der Waals surface area contributed by atoms with Gasteiger partial charge in [0.25, 0.3) is 0 Å². The van der Waals surface area contributed by atoms with Gasteiger partial charge in [0.2, 0.25) is 0 Å². The molecule has 0 aliphatic heterocycles. The summed E-state index contributed by atoms with van der Waals surface area (Å²) < 4.78 is 36.5. The van der Waals surface area contributed by atoms with Crippen LogP contribution in [0.25, 0.3) is 0 Å². The summed E-state index contributed by atoms with van der Waals surface area (Å²) in [5.41, 5.74) is 0. The Morgan fingerprint density at radius 2 is 2.00 bits per heavy atom. The Morgan fingerprint density at radius 1 is 1.36 bits per heavy atom. The lowest BCUT2D eigenvalue weighted by Gasteiger charge is -2.03. The average molecular weight is 279 g/mol. The minimum Gasteiger partial charge on any atom is -0.223 e. The van der Waals surface area contributed by atoms with Gasteiger partial charge in [-0.05, 0) is 47.0 Å². The number of hydrogen-bond donors (Lipinski definition) is 0. The Bertz CT molecular complexity index is 466. The number of rotatable bonds is 2. The van der Waals surface area contributed by atoms with Crippen LogP contribution in [0.15, 0.2) is 27.6 Å². The number of halogens is 2. The van der Waals surface area contributed by atoms with Crippen molar-refractivity contribution < 1.29 is 12.8 Å². The summed E-state index contributed by atoms with van der Waals surface area (Å²) in [6.45, 7) is 0. The first-order chi connectivity index (χ1) is 6.51. The van der Waals surface area contributed by atoms with Crippen LogP contribution in [-0.2, 0) is 9.84 Å². The van der Waals surface area contributed by atoms with Gasteiger partial charge in [-0.3, -0.25) is 0 Å². The molecule has 0 N–H and O–H groups in total. The van der Waals surface area contributed by atoms with Crippen molar-refractivity contribution in [3.8, 4) is 0 Å². The van der Waals surface area contributed by atoms with Crippen molar-refractivity contribution in [1.29, 1.82) is 0 Å². The molecule has 0 radical (unpaired) electrons. The molecule has 0 spiro atoms. The van der Waals surface area contributed by atoms with Gasteiger partial charge in [-0.25, -0.2) is 12.8 Å². The maximum atomic E-state index is 12.9. The lowest BCUT2D eigenvalue weighted by molar-refractivity contribution is 0.593. The first-order valence-electron chi connectivity index (χ1n) is 4.21. The zero-order valence-corrected chi connectivity index (χ0v) is 9.61. The molecule has 1 saturated carbocycles. The molecule has 14 heavy (non-hydrogen) atoms. The van der Waals surface area contributed by atoms with Crippen LogP contribution in [0.2, 0.25) is 0 Å². The summed E-state index contributed by atoms with van der Waals surface area (Å²) in [5.74, 6) is -0.445. The highest BCUT2D eigenvalue weighted by atomic mass is 79.9. The maximum Gasteiger partial charge on any atom is 0.181 e. The second-order valence-electron chi connectivity index (χ2n) is 3.32. The van der Waals surface area contributed by atoms with Gasteiger partial charge in [-0.2, -0.15) is 0 Å². The first kappa shape index (κ1) is 10.1. The Labute approximate surface area is 90.2 Å². The topological polar surface area (TPSA) is 34.1 Å². The lowest BCUT2D eigenvalue weighted by Crippen LogP contribution is -2.07. The normalized spacial score (nSPS) is 17.0. The van der Waals surface area contributed by atoms with Crippen LogP contribution in [0, 0.1) is 5.82 Å². The van der Waals surface area contributed by atoms with Crippen LogP contribution < -0.4 is 0 Å². The molecule has 0 saturated heterocycles. The number of sulfone groups is 1. The molecule has 2 nitrogen and oxygen atoms in total. The second-order valence-corrected chi connectivity index (χ2v) is 6.40.